The average Bonchev–Trinajstić information content (AvgIpc) is 3.14. The lowest BCUT2D eigenvalue weighted by Crippen LogP contribution is -2.47. The summed E-state index contributed by atoms with van der Waals surface area (Å²) in [6.45, 7) is 6.04. The molecule has 1 aromatic heterocycles. The van der Waals surface area contributed by atoms with Crippen molar-refractivity contribution in [3.05, 3.63) is 48.0 Å². The summed E-state index contributed by atoms with van der Waals surface area (Å²) >= 11 is 0. The number of rotatable bonds is 7. The van der Waals surface area contributed by atoms with E-state index in [2.05, 4.69) is 17.1 Å². The molecule has 1 aliphatic heterocycles. The average molecular weight is 360 g/mol. The number of furan rings is 1. The Bertz CT molecular complexity index is 725. The Hall–Kier alpha value is -2.18. The molecule has 0 radical (unpaired) electrons. The predicted molar refractivity (Wildman–Crippen MR) is 97.3 cm³/mol. The third-order valence-electron chi connectivity index (χ3n) is 4.66. The number of halogens is 1. The highest BCUT2D eigenvalue weighted by molar-refractivity contribution is 5.76. The number of carbonyl (C=O) groups is 1. The number of ether oxygens (including phenoxy) is 1. The van der Waals surface area contributed by atoms with E-state index in [1.165, 1.54) is 6.07 Å². The van der Waals surface area contributed by atoms with Crippen LogP contribution in [0.1, 0.15) is 19.1 Å². The lowest BCUT2D eigenvalue weighted by atomic mass is 10.1. The van der Waals surface area contributed by atoms with Gasteiger partial charge in [0.15, 0.2) is 0 Å². The minimum atomic E-state index is -0.316. The molecule has 1 saturated heterocycles. The van der Waals surface area contributed by atoms with E-state index in [1.54, 1.807) is 30.3 Å². The third kappa shape index (κ3) is 4.93. The van der Waals surface area contributed by atoms with Crippen molar-refractivity contribution in [2.45, 2.75) is 25.8 Å². The maximum Gasteiger partial charge on any atom is 0.220 e. The van der Waals surface area contributed by atoms with Gasteiger partial charge in [-0.3, -0.25) is 9.69 Å². The van der Waals surface area contributed by atoms with E-state index in [1.807, 2.05) is 0 Å². The van der Waals surface area contributed by atoms with Crippen LogP contribution in [0, 0.1) is 5.82 Å². The Balaban J connectivity index is 1.44. The summed E-state index contributed by atoms with van der Waals surface area (Å²) in [6, 6.07) is 10.3. The Morgan fingerprint density at radius 2 is 2.00 bits per heavy atom. The highest BCUT2D eigenvalue weighted by Crippen LogP contribution is 2.25. The zero-order valence-corrected chi connectivity index (χ0v) is 15.0. The Morgan fingerprint density at radius 3 is 2.77 bits per heavy atom. The van der Waals surface area contributed by atoms with Crippen molar-refractivity contribution in [2.24, 2.45) is 0 Å². The molecule has 140 valence electrons. The first-order valence-corrected chi connectivity index (χ1v) is 9.05. The molecule has 0 bridgehead atoms. The highest BCUT2D eigenvalue weighted by atomic mass is 19.1. The predicted octanol–water partition coefficient (Wildman–Crippen LogP) is 2.86. The molecule has 6 heteroatoms. The van der Waals surface area contributed by atoms with Crippen LogP contribution >= 0.6 is 0 Å². The molecule has 3 rings (SSSR count). The van der Waals surface area contributed by atoms with E-state index in [0.717, 1.165) is 26.3 Å². The number of hydrogen-bond acceptors (Lipinski definition) is 4. The van der Waals surface area contributed by atoms with Crippen molar-refractivity contribution in [1.82, 2.24) is 10.2 Å². The Labute approximate surface area is 153 Å². The summed E-state index contributed by atoms with van der Waals surface area (Å²) < 4.78 is 24.8. The highest BCUT2D eigenvalue weighted by Gasteiger charge is 2.17. The molecule has 0 spiro atoms. The zero-order chi connectivity index (χ0) is 18.4. The summed E-state index contributed by atoms with van der Waals surface area (Å²) in [5.41, 5.74) is 0.433. The molecule has 1 fully saturated rings. The van der Waals surface area contributed by atoms with Gasteiger partial charge >= 0.3 is 0 Å². The van der Waals surface area contributed by atoms with Gasteiger partial charge < -0.3 is 14.5 Å². The molecule has 1 amide bonds. The van der Waals surface area contributed by atoms with Crippen molar-refractivity contribution in [1.29, 1.82) is 0 Å². The van der Waals surface area contributed by atoms with Gasteiger partial charge in [0.25, 0.3) is 0 Å². The topological polar surface area (TPSA) is 54.7 Å². The van der Waals surface area contributed by atoms with Gasteiger partial charge in [0.05, 0.1) is 18.8 Å². The van der Waals surface area contributed by atoms with Crippen LogP contribution in [0.15, 0.2) is 40.8 Å². The van der Waals surface area contributed by atoms with E-state index < -0.39 is 0 Å². The Morgan fingerprint density at radius 1 is 1.23 bits per heavy atom. The smallest absolute Gasteiger partial charge is 0.220 e. The molecule has 1 N–H and O–H groups in total. The number of aryl methyl sites for hydroxylation is 1. The molecule has 2 heterocycles. The van der Waals surface area contributed by atoms with Gasteiger partial charge in [0.2, 0.25) is 5.91 Å². The lowest BCUT2D eigenvalue weighted by molar-refractivity contribution is -0.121. The summed E-state index contributed by atoms with van der Waals surface area (Å²) in [5.74, 6) is 0.844. The van der Waals surface area contributed by atoms with Crippen LogP contribution in [-0.4, -0.2) is 49.7 Å². The van der Waals surface area contributed by atoms with Gasteiger partial charge in [0.1, 0.15) is 17.3 Å². The molecular weight excluding hydrogens is 335 g/mol. The standard InChI is InChI=1S/C20H25FN2O3/c1-15(23-10-12-25-13-11-23)14-22-20(24)9-7-16-6-8-19(26-16)17-4-2-3-5-18(17)21/h2-6,8,15H,7,9-14H2,1H3,(H,22,24). The van der Waals surface area contributed by atoms with E-state index in [9.17, 15) is 9.18 Å². The SMILES string of the molecule is CC(CNC(=O)CCc1ccc(-c2ccccc2F)o1)N1CCOCC1. The number of benzene rings is 1. The second kappa shape index (κ2) is 8.96. The zero-order valence-electron chi connectivity index (χ0n) is 15.0. The third-order valence-corrected chi connectivity index (χ3v) is 4.66. The maximum atomic E-state index is 13.8. The molecular formula is C20H25FN2O3. The summed E-state index contributed by atoms with van der Waals surface area (Å²) in [5, 5.41) is 2.97. The first-order chi connectivity index (χ1) is 12.6. The van der Waals surface area contributed by atoms with Gasteiger partial charge in [-0.25, -0.2) is 4.39 Å². The first kappa shape index (κ1) is 18.6. The molecule has 0 aliphatic carbocycles. The maximum absolute atomic E-state index is 13.8. The number of amides is 1. The minimum absolute atomic E-state index is 0.00560. The fraction of sp³-hybridized carbons (Fsp3) is 0.450. The van der Waals surface area contributed by atoms with Gasteiger partial charge in [0, 0.05) is 38.5 Å². The van der Waals surface area contributed by atoms with E-state index in [4.69, 9.17) is 9.15 Å². The number of morpholine rings is 1. The normalized spacial score (nSPS) is 16.4. The van der Waals surface area contributed by atoms with E-state index in [-0.39, 0.29) is 11.7 Å². The molecule has 2 aromatic rings. The van der Waals surface area contributed by atoms with Crippen LogP contribution in [0.25, 0.3) is 11.3 Å². The Kier molecular flexibility index (Phi) is 6.41. The second-order valence-corrected chi connectivity index (χ2v) is 6.55. The number of nitrogens with zero attached hydrogens (tertiary/aromatic N) is 1. The van der Waals surface area contributed by atoms with E-state index >= 15 is 0 Å². The fourth-order valence-corrected chi connectivity index (χ4v) is 3.05. The van der Waals surface area contributed by atoms with Crippen LogP contribution in [0.5, 0.6) is 0 Å². The van der Waals surface area contributed by atoms with Crippen molar-refractivity contribution in [3.8, 4) is 11.3 Å². The van der Waals surface area contributed by atoms with E-state index in [0.29, 0.717) is 42.5 Å². The molecule has 1 aromatic carbocycles. The molecule has 1 unspecified atom stereocenters. The molecule has 26 heavy (non-hydrogen) atoms. The van der Waals surface area contributed by atoms with Gasteiger partial charge in [-0.15, -0.1) is 0 Å². The summed E-state index contributed by atoms with van der Waals surface area (Å²) in [7, 11) is 0. The van der Waals surface area contributed by atoms with Crippen LogP contribution in [0.4, 0.5) is 4.39 Å². The monoisotopic (exact) mass is 360 g/mol. The van der Waals surface area contributed by atoms with Crippen molar-refractivity contribution < 1.29 is 18.3 Å². The van der Waals surface area contributed by atoms with Gasteiger partial charge in [-0.1, -0.05) is 12.1 Å². The van der Waals surface area contributed by atoms with Crippen LogP contribution in [-0.2, 0) is 16.0 Å². The molecule has 0 saturated carbocycles. The lowest BCUT2D eigenvalue weighted by Gasteiger charge is -2.32. The second-order valence-electron chi connectivity index (χ2n) is 6.55. The van der Waals surface area contributed by atoms with Gasteiger partial charge in [-0.05, 0) is 31.2 Å². The molecule has 5 nitrogen and oxygen atoms in total. The minimum Gasteiger partial charge on any atom is -0.461 e. The number of hydrogen-bond donors (Lipinski definition) is 1. The summed E-state index contributed by atoms with van der Waals surface area (Å²) in [4.78, 5) is 14.4. The first-order valence-electron chi connectivity index (χ1n) is 9.05. The largest absolute Gasteiger partial charge is 0.461 e. The van der Waals surface area contributed by atoms with Crippen molar-refractivity contribution in [3.63, 3.8) is 0 Å². The van der Waals surface area contributed by atoms with Crippen molar-refractivity contribution >= 4 is 5.91 Å². The quantitative estimate of drug-likeness (QED) is 0.825. The number of nitrogens with one attached hydrogen (secondary N) is 1. The number of carbonyl (C=O) groups excluding carboxylic acids is 1. The van der Waals surface area contributed by atoms with Crippen LogP contribution < -0.4 is 5.32 Å². The van der Waals surface area contributed by atoms with Crippen LogP contribution in [0.3, 0.4) is 0 Å². The molecule has 1 atom stereocenters. The van der Waals surface area contributed by atoms with Gasteiger partial charge in [-0.2, -0.15) is 0 Å². The van der Waals surface area contributed by atoms with Crippen molar-refractivity contribution in [2.75, 3.05) is 32.8 Å². The fourth-order valence-electron chi connectivity index (χ4n) is 3.05. The van der Waals surface area contributed by atoms with Crippen LogP contribution in [0.2, 0.25) is 0 Å². The summed E-state index contributed by atoms with van der Waals surface area (Å²) in [6.07, 6.45) is 0.840. The molecule has 1 aliphatic rings.